The van der Waals surface area contributed by atoms with E-state index in [0.717, 1.165) is 12.1 Å². The molecule has 0 fully saturated rings. The van der Waals surface area contributed by atoms with Gasteiger partial charge in [0, 0.05) is 6.54 Å². The normalized spacial score (nSPS) is 16.1. The van der Waals surface area contributed by atoms with Crippen molar-refractivity contribution < 1.29 is 9.84 Å². The molecule has 0 bridgehead atoms. The number of ether oxygens (including phenoxy) is 1. The molecule has 0 saturated carbocycles. The predicted molar refractivity (Wildman–Crippen MR) is 83.7 cm³/mol. The van der Waals surface area contributed by atoms with Crippen molar-refractivity contribution in [3.05, 3.63) is 35.9 Å². The second-order valence-corrected chi connectivity index (χ2v) is 5.92. The van der Waals surface area contributed by atoms with Crippen molar-refractivity contribution in [3.63, 3.8) is 0 Å². The van der Waals surface area contributed by atoms with Gasteiger partial charge < -0.3 is 15.2 Å². The molecule has 2 N–H and O–H groups in total. The van der Waals surface area contributed by atoms with E-state index >= 15 is 0 Å². The predicted octanol–water partition coefficient (Wildman–Crippen LogP) is 3.01. The molecule has 3 atom stereocenters. The van der Waals surface area contributed by atoms with Gasteiger partial charge in [0.2, 0.25) is 0 Å². The van der Waals surface area contributed by atoms with E-state index in [1.54, 1.807) is 0 Å². The summed E-state index contributed by atoms with van der Waals surface area (Å²) in [5.74, 6) is 1.28. The van der Waals surface area contributed by atoms with Gasteiger partial charge in [0.25, 0.3) is 0 Å². The molecule has 1 aromatic carbocycles. The molecule has 0 radical (unpaired) electrons. The van der Waals surface area contributed by atoms with Gasteiger partial charge in [0.05, 0.1) is 18.8 Å². The van der Waals surface area contributed by atoms with Gasteiger partial charge in [0.1, 0.15) is 0 Å². The van der Waals surface area contributed by atoms with Gasteiger partial charge in [-0.05, 0) is 30.9 Å². The Morgan fingerprint density at radius 1 is 1.05 bits per heavy atom. The molecule has 114 valence electrons. The summed E-state index contributed by atoms with van der Waals surface area (Å²) < 4.78 is 5.70. The fraction of sp³-hybridized carbons (Fsp3) is 0.647. The molecule has 0 amide bonds. The molecule has 20 heavy (non-hydrogen) atoms. The number of hydrogen-bond donors (Lipinski definition) is 2. The zero-order valence-electron chi connectivity index (χ0n) is 13.2. The average Bonchev–Trinajstić information content (AvgIpc) is 2.45. The Hall–Kier alpha value is -0.900. The van der Waals surface area contributed by atoms with E-state index in [-0.39, 0.29) is 6.10 Å². The molecule has 0 heterocycles. The molecule has 3 unspecified atom stereocenters. The van der Waals surface area contributed by atoms with E-state index in [0.29, 0.717) is 25.0 Å². The minimum absolute atomic E-state index is 0.0143. The zero-order valence-corrected chi connectivity index (χ0v) is 13.2. The first kappa shape index (κ1) is 17.2. The van der Waals surface area contributed by atoms with Crippen LogP contribution in [-0.2, 0) is 4.74 Å². The van der Waals surface area contributed by atoms with Crippen LogP contribution in [0.5, 0.6) is 0 Å². The second kappa shape index (κ2) is 9.11. The smallest absolute Gasteiger partial charge is 0.0897 e. The molecule has 0 aliphatic carbocycles. The quantitative estimate of drug-likeness (QED) is 0.730. The number of hydrogen-bond acceptors (Lipinski definition) is 3. The number of nitrogens with one attached hydrogen (secondary N) is 1. The molecule has 0 spiro atoms. The highest BCUT2D eigenvalue weighted by Gasteiger charge is 2.11. The van der Waals surface area contributed by atoms with E-state index in [1.165, 1.54) is 0 Å². The molecular weight excluding hydrogens is 250 g/mol. The lowest BCUT2D eigenvalue weighted by molar-refractivity contribution is -0.00232. The van der Waals surface area contributed by atoms with Crippen LogP contribution in [0.3, 0.4) is 0 Å². The largest absolute Gasteiger partial charge is 0.389 e. The van der Waals surface area contributed by atoms with Crippen LogP contribution in [0.1, 0.15) is 39.4 Å². The molecule has 1 aromatic rings. The zero-order chi connectivity index (χ0) is 15.0. The van der Waals surface area contributed by atoms with Crippen LogP contribution >= 0.6 is 0 Å². The van der Waals surface area contributed by atoms with E-state index in [9.17, 15) is 5.11 Å². The summed E-state index contributed by atoms with van der Waals surface area (Å²) in [7, 11) is 0. The summed E-state index contributed by atoms with van der Waals surface area (Å²) in [5.41, 5.74) is 1.14. The highest BCUT2D eigenvalue weighted by Crippen LogP contribution is 2.15. The number of aliphatic hydroxyl groups excluding tert-OH is 1. The van der Waals surface area contributed by atoms with Crippen molar-refractivity contribution in [3.8, 4) is 0 Å². The first-order valence-electron chi connectivity index (χ1n) is 7.56. The topological polar surface area (TPSA) is 41.5 Å². The molecule has 0 saturated heterocycles. The van der Waals surface area contributed by atoms with E-state index < -0.39 is 6.10 Å². The maximum absolute atomic E-state index is 9.91. The highest BCUT2D eigenvalue weighted by molar-refractivity contribution is 5.16. The Balaban J connectivity index is 2.18. The second-order valence-electron chi connectivity index (χ2n) is 5.92. The fourth-order valence-corrected chi connectivity index (χ4v) is 1.85. The Morgan fingerprint density at radius 2 is 1.70 bits per heavy atom. The molecule has 0 aromatic heterocycles. The molecule has 3 nitrogen and oxygen atoms in total. The SMILES string of the molecule is CC(OCC(O)CNCC(C)C(C)C)c1ccccc1. The minimum atomic E-state index is -0.458. The average molecular weight is 279 g/mol. The van der Waals surface area contributed by atoms with Crippen molar-refractivity contribution in [1.82, 2.24) is 5.32 Å². The first-order valence-corrected chi connectivity index (χ1v) is 7.56. The van der Waals surface area contributed by atoms with Crippen molar-refractivity contribution in [2.45, 2.75) is 39.9 Å². The van der Waals surface area contributed by atoms with Gasteiger partial charge in [-0.15, -0.1) is 0 Å². The van der Waals surface area contributed by atoms with Crippen LogP contribution in [0.25, 0.3) is 0 Å². The van der Waals surface area contributed by atoms with Crippen molar-refractivity contribution in [1.29, 1.82) is 0 Å². The summed E-state index contributed by atoms with van der Waals surface area (Å²) in [6, 6.07) is 10.1. The van der Waals surface area contributed by atoms with Gasteiger partial charge in [-0.25, -0.2) is 0 Å². The summed E-state index contributed by atoms with van der Waals surface area (Å²) in [6.07, 6.45) is -0.444. The number of aliphatic hydroxyl groups is 1. The minimum Gasteiger partial charge on any atom is -0.389 e. The molecule has 0 aliphatic heterocycles. The van der Waals surface area contributed by atoms with Gasteiger partial charge in [-0.2, -0.15) is 0 Å². The molecule has 0 aliphatic rings. The Kier molecular flexibility index (Phi) is 7.82. The van der Waals surface area contributed by atoms with Crippen molar-refractivity contribution in [2.24, 2.45) is 11.8 Å². The summed E-state index contributed by atoms with van der Waals surface area (Å²) in [4.78, 5) is 0. The third kappa shape index (κ3) is 6.51. The summed E-state index contributed by atoms with van der Waals surface area (Å²) in [6.45, 7) is 10.5. The molecular formula is C17H29NO2. The Labute approximate surface area is 123 Å². The number of rotatable bonds is 9. The first-order chi connectivity index (χ1) is 9.50. The maximum atomic E-state index is 9.91. The molecule has 3 heteroatoms. The fourth-order valence-electron chi connectivity index (χ4n) is 1.85. The Morgan fingerprint density at radius 3 is 2.30 bits per heavy atom. The van der Waals surface area contributed by atoms with Crippen LogP contribution in [-0.4, -0.2) is 30.9 Å². The van der Waals surface area contributed by atoms with Gasteiger partial charge in [-0.3, -0.25) is 0 Å². The van der Waals surface area contributed by atoms with Crippen LogP contribution in [0.15, 0.2) is 30.3 Å². The van der Waals surface area contributed by atoms with Crippen LogP contribution in [0.2, 0.25) is 0 Å². The van der Waals surface area contributed by atoms with E-state index in [2.05, 4.69) is 26.1 Å². The van der Waals surface area contributed by atoms with Gasteiger partial charge in [0.15, 0.2) is 0 Å². The lowest BCUT2D eigenvalue weighted by Gasteiger charge is -2.19. The number of benzene rings is 1. The van der Waals surface area contributed by atoms with E-state index in [1.807, 2.05) is 37.3 Å². The third-order valence-electron chi connectivity index (χ3n) is 3.79. The standard InChI is InChI=1S/C17H29NO2/c1-13(2)14(3)10-18-11-17(19)12-20-15(4)16-8-6-5-7-9-16/h5-9,13-15,17-19H,10-12H2,1-4H3. The lowest BCUT2D eigenvalue weighted by Crippen LogP contribution is -2.34. The maximum Gasteiger partial charge on any atom is 0.0897 e. The van der Waals surface area contributed by atoms with E-state index in [4.69, 9.17) is 4.74 Å². The van der Waals surface area contributed by atoms with Crippen molar-refractivity contribution in [2.75, 3.05) is 19.7 Å². The van der Waals surface area contributed by atoms with Crippen molar-refractivity contribution >= 4 is 0 Å². The third-order valence-corrected chi connectivity index (χ3v) is 3.79. The summed E-state index contributed by atoms with van der Waals surface area (Å²) >= 11 is 0. The van der Waals surface area contributed by atoms with Gasteiger partial charge >= 0.3 is 0 Å². The highest BCUT2D eigenvalue weighted by atomic mass is 16.5. The molecule has 1 rings (SSSR count). The van der Waals surface area contributed by atoms with Crippen LogP contribution in [0, 0.1) is 11.8 Å². The van der Waals surface area contributed by atoms with Crippen LogP contribution in [0.4, 0.5) is 0 Å². The monoisotopic (exact) mass is 279 g/mol. The van der Waals surface area contributed by atoms with Gasteiger partial charge in [-0.1, -0.05) is 51.1 Å². The lowest BCUT2D eigenvalue weighted by atomic mass is 9.98. The summed E-state index contributed by atoms with van der Waals surface area (Å²) in [5, 5.41) is 13.2. The Bertz CT molecular complexity index is 353. The van der Waals surface area contributed by atoms with Crippen LogP contribution < -0.4 is 5.32 Å².